The number of amides is 1. The molecule has 1 heterocycles. The van der Waals surface area contributed by atoms with E-state index in [1.807, 2.05) is 4.90 Å². The summed E-state index contributed by atoms with van der Waals surface area (Å²) in [6.07, 6.45) is 1.58. The smallest absolute Gasteiger partial charge is 0.222 e. The highest BCUT2D eigenvalue weighted by Crippen LogP contribution is 2.31. The van der Waals surface area contributed by atoms with Crippen LogP contribution in [0.2, 0.25) is 10.0 Å². The summed E-state index contributed by atoms with van der Waals surface area (Å²) in [6.45, 7) is 3.58. The molecule has 1 aromatic carbocycles. The lowest BCUT2D eigenvalue weighted by Gasteiger charge is -2.17. The summed E-state index contributed by atoms with van der Waals surface area (Å²) in [7, 11) is 0. The van der Waals surface area contributed by atoms with Crippen molar-refractivity contribution >= 4 is 29.1 Å². The highest BCUT2D eigenvalue weighted by Gasteiger charge is 2.28. The number of aliphatic hydroxyl groups excluding tert-OH is 1. The number of halogens is 2. The number of benzene rings is 1. The SMILES string of the molecule is CC(O)C1CCN(C(=O)CCCOc2cccc(Cl)c2Cl)C1. The van der Waals surface area contributed by atoms with Crippen molar-refractivity contribution in [2.45, 2.75) is 32.3 Å². The van der Waals surface area contributed by atoms with Crippen molar-refractivity contribution in [3.63, 3.8) is 0 Å². The Labute approximate surface area is 141 Å². The third-order valence-corrected chi connectivity index (χ3v) is 4.77. The van der Waals surface area contributed by atoms with Crippen LogP contribution in [-0.4, -0.2) is 41.7 Å². The second-order valence-electron chi connectivity index (χ2n) is 5.63. The predicted molar refractivity (Wildman–Crippen MR) is 87.6 cm³/mol. The van der Waals surface area contributed by atoms with Crippen LogP contribution in [-0.2, 0) is 4.79 Å². The lowest BCUT2D eigenvalue weighted by Crippen LogP contribution is -2.30. The van der Waals surface area contributed by atoms with Crippen molar-refractivity contribution in [1.82, 2.24) is 4.90 Å². The molecule has 1 N–H and O–H groups in total. The van der Waals surface area contributed by atoms with Crippen LogP contribution in [0.4, 0.5) is 0 Å². The number of nitrogens with zero attached hydrogens (tertiary/aromatic N) is 1. The van der Waals surface area contributed by atoms with Crippen LogP contribution in [0, 0.1) is 5.92 Å². The first-order chi connectivity index (χ1) is 10.5. The molecule has 1 saturated heterocycles. The normalized spacial score (nSPS) is 19.3. The van der Waals surface area contributed by atoms with Gasteiger partial charge in [-0.05, 0) is 31.9 Å². The molecule has 2 atom stereocenters. The molecular weight excluding hydrogens is 325 g/mol. The van der Waals surface area contributed by atoms with Crippen LogP contribution < -0.4 is 4.74 Å². The van der Waals surface area contributed by atoms with Crippen molar-refractivity contribution in [3.8, 4) is 5.75 Å². The summed E-state index contributed by atoms with van der Waals surface area (Å²) in [6, 6.07) is 5.23. The minimum Gasteiger partial charge on any atom is -0.492 e. The van der Waals surface area contributed by atoms with Gasteiger partial charge >= 0.3 is 0 Å². The molecule has 22 heavy (non-hydrogen) atoms. The fraction of sp³-hybridized carbons (Fsp3) is 0.562. The van der Waals surface area contributed by atoms with Gasteiger partial charge in [-0.15, -0.1) is 0 Å². The number of ether oxygens (including phenoxy) is 1. The molecule has 0 radical (unpaired) electrons. The molecule has 2 unspecified atom stereocenters. The van der Waals surface area contributed by atoms with E-state index in [4.69, 9.17) is 27.9 Å². The fourth-order valence-corrected chi connectivity index (χ4v) is 2.91. The van der Waals surface area contributed by atoms with Gasteiger partial charge in [-0.1, -0.05) is 29.3 Å². The van der Waals surface area contributed by atoms with Crippen LogP contribution in [0.3, 0.4) is 0 Å². The van der Waals surface area contributed by atoms with E-state index in [2.05, 4.69) is 0 Å². The number of carbonyl (C=O) groups excluding carboxylic acids is 1. The van der Waals surface area contributed by atoms with Crippen LogP contribution in [0.25, 0.3) is 0 Å². The molecular formula is C16H21Cl2NO3. The summed E-state index contributed by atoms with van der Waals surface area (Å²) in [5, 5.41) is 10.4. The molecule has 4 nitrogen and oxygen atoms in total. The largest absolute Gasteiger partial charge is 0.492 e. The Bertz CT molecular complexity index is 522. The van der Waals surface area contributed by atoms with Crippen LogP contribution >= 0.6 is 23.2 Å². The first-order valence-corrected chi connectivity index (χ1v) is 8.27. The zero-order valence-electron chi connectivity index (χ0n) is 12.6. The Morgan fingerprint density at radius 2 is 2.27 bits per heavy atom. The number of likely N-dealkylation sites (tertiary alicyclic amines) is 1. The molecule has 1 fully saturated rings. The maximum absolute atomic E-state index is 12.1. The van der Waals surface area contributed by atoms with Gasteiger partial charge in [-0.3, -0.25) is 4.79 Å². The van der Waals surface area contributed by atoms with E-state index in [0.29, 0.717) is 41.8 Å². The van der Waals surface area contributed by atoms with Gasteiger partial charge in [0.2, 0.25) is 5.91 Å². The van der Waals surface area contributed by atoms with Crippen LogP contribution in [0.1, 0.15) is 26.2 Å². The van der Waals surface area contributed by atoms with Crippen molar-refractivity contribution in [1.29, 1.82) is 0 Å². The summed E-state index contributed by atoms with van der Waals surface area (Å²) >= 11 is 11.9. The van der Waals surface area contributed by atoms with E-state index in [1.165, 1.54) is 0 Å². The lowest BCUT2D eigenvalue weighted by atomic mass is 10.0. The van der Waals surface area contributed by atoms with Crippen molar-refractivity contribution in [3.05, 3.63) is 28.2 Å². The third kappa shape index (κ3) is 4.51. The monoisotopic (exact) mass is 345 g/mol. The zero-order valence-corrected chi connectivity index (χ0v) is 14.1. The minimum atomic E-state index is -0.355. The van der Waals surface area contributed by atoms with Gasteiger partial charge in [-0.25, -0.2) is 0 Å². The minimum absolute atomic E-state index is 0.115. The molecule has 1 aromatic rings. The van der Waals surface area contributed by atoms with Crippen molar-refractivity contribution < 1.29 is 14.6 Å². The second-order valence-corrected chi connectivity index (χ2v) is 6.42. The summed E-state index contributed by atoms with van der Waals surface area (Å²) in [5.74, 6) is 0.853. The Morgan fingerprint density at radius 1 is 1.50 bits per heavy atom. The molecule has 0 spiro atoms. The van der Waals surface area contributed by atoms with E-state index in [0.717, 1.165) is 13.0 Å². The molecule has 1 amide bonds. The number of aliphatic hydroxyl groups is 1. The number of hydrogen-bond acceptors (Lipinski definition) is 3. The van der Waals surface area contributed by atoms with Gasteiger partial charge in [0.1, 0.15) is 10.8 Å². The average molecular weight is 346 g/mol. The second kappa shape index (κ2) is 8.04. The number of hydrogen-bond donors (Lipinski definition) is 1. The third-order valence-electron chi connectivity index (χ3n) is 3.97. The topological polar surface area (TPSA) is 49.8 Å². The maximum atomic E-state index is 12.1. The predicted octanol–water partition coefficient (Wildman–Crippen LogP) is 3.38. The molecule has 0 aromatic heterocycles. The lowest BCUT2D eigenvalue weighted by molar-refractivity contribution is -0.130. The highest BCUT2D eigenvalue weighted by atomic mass is 35.5. The first kappa shape index (κ1) is 17.4. The van der Waals surface area contributed by atoms with Crippen LogP contribution in [0.5, 0.6) is 5.75 Å². The number of carbonyl (C=O) groups is 1. The van der Waals surface area contributed by atoms with Gasteiger partial charge in [0, 0.05) is 25.4 Å². The van der Waals surface area contributed by atoms with E-state index in [1.54, 1.807) is 25.1 Å². The molecule has 0 saturated carbocycles. The van der Waals surface area contributed by atoms with Gasteiger partial charge < -0.3 is 14.7 Å². The van der Waals surface area contributed by atoms with E-state index >= 15 is 0 Å². The van der Waals surface area contributed by atoms with E-state index in [9.17, 15) is 9.90 Å². The van der Waals surface area contributed by atoms with E-state index < -0.39 is 0 Å². The molecule has 0 bridgehead atoms. The maximum Gasteiger partial charge on any atom is 0.222 e. The average Bonchev–Trinajstić information content (AvgIpc) is 2.97. The first-order valence-electron chi connectivity index (χ1n) is 7.51. The summed E-state index contributed by atoms with van der Waals surface area (Å²) in [5.41, 5.74) is 0. The van der Waals surface area contributed by atoms with Crippen LogP contribution in [0.15, 0.2) is 18.2 Å². The summed E-state index contributed by atoms with van der Waals surface area (Å²) in [4.78, 5) is 13.9. The Morgan fingerprint density at radius 3 is 2.95 bits per heavy atom. The molecule has 122 valence electrons. The van der Waals surface area contributed by atoms with E-state index in [-0.39, 0.29) is 17.9 Å². The Kier molecular flexibility index (Phi) is 6.36. The Balaban J connectivity index is 1.71. The standard InChI is InChI=1S/C16H21Cl2NO3/c1-11(20)12-7-8-19(10-12)15(21)6-3-9-22-14-5-2-4-13(17)16(14)18/h2,4-5,11-12,20H,3,6-10H2,1H3. The quantitative estimate of drug-likeness (QED) is 0.804. The molecule has 0 aliphatic carbocycles. The highest BCUT2D eigenvalue weighted by molar-refractivity contribution is 6.42. The Hall–Kier alpha value is -0.970. The molecule has 2 rings (SSSR count). The molecule has 6 heteroatoms. The number of rotatable bonds is 6. The molecule has 1 aliphatic heterocycles. The molecule has 1 aliphatic rings. The summed E-state index contributed by atoms with van der Waals surface area (Å²) < 4.78 is 5.56. The fourth-order valence-electron chi connectivity index (χ4n) is 2.57. The van der Waals surface area contributed by atoms with Crippen molar-refractivity contribution in [2.24, 2.45) is 5.92 Å². The van der Waals surface area contributed by atoms with Crippen molar-refractivity contribution in [2.75, 3.05) is 19.7 Å². The van der Waals surface area contributed by atoms with Gasteiger partial charge in [0.25, 0.3) is 0 Å². The van der Waals surface area contributed by atoms with Gasteiger partial charge in [0.15, 0.2) is 0 Å². The van der Waals surface area contributed by atoms with Gasteiger partial charge in [-0.2, -0.15) is 0 Å². The zero-order chi connectivity index (χ0) is 16.1. The van der Waals surface area contributed by atoms with Gasteiger partial charge in [0.05, 0.1) is 17.7 Å².